The number of fused-ring (bicyclic) bond motifs is 8. The fourth-order valence-corrected chi connectivity index (χ4v) is 12.9. The fourth-order valence-electron chi connectivity index (χ4n) is 12.3. The number of rotatable bonds is 7. The summed E-state index contributed by atoms with van der Waals surface area (Å²) in [5.74, 6) is 0. The van der Waals surface area contributed by atoms with Gasteiger partial charge in [-0.05, 0) is 206 Å². The van der Waals surface area contributed by atoms with Crippen LogP contribution >= 0.6 is 22.6 Å². The molecule has 0 radical (unpaired) electrons. The van der Waals surface area contributed by atoms with Gasteiger partial charge in [0, 0.05) is 71.8 Å². The number of halogens is 1. The Morgan fingerprint density at radius 1 is 0.366 bits per heavy atom. The minimum atomic E-state index is -0.0234. The lowest BCUT2D eigenvalue weighted by molar-refractivity contribution is 0.795. The first kappa shape index (κ1) is 44.0. The van der Waals surface area contributed by atoms with Crippen molar-refractivity contribution in [2.75, 3.05) is 19.6 Å². The first-order chi connectivity index (χ1) is 34.5. The van der Waals surface area contributed by atoms with Crippen LogP contribution in [0.5, 0.6) is 0 Å². The van der Waals surface area contributed by atoms with Gasteiger partial charge in [-0.3, -0.25) is 0 Å². The van der Waals surface area contributed by atoms with Gasteiger partial charge in [-0.1, -0.05) is 126 Å². The summed E-state index contributed by atoms with van der Waals surface area (Å²) in [6, 6.07) is 66.0. The maximum atomic E-state index is 2.66. The predicted molar refractivity (Wildman–Crippen MR) is 314 cm³/mol. The molecule has 0 saturated carbocycles. The van der Waals surface area contributed by atoms with Crippen LogP contribution in [0.2, 0.25) is 0 Å². The molecule has 0 atom stereocenters. The molecule has 0 spiro atoms. The van der Waals surface area contributed by atoms with Gasteiger partial charge in [-0.15, -0.1) is 0 Å². The van der Waals surface area contributed by atoms with E-state index in [2.05, 4.69) is 261 Å². The molecule has 9 aromatic carbocycles. The van der Waals surface area contributed by atoms with Crippen LogP contribution in [0.1, 0.15) is 58.7 Å². The van der Waals surface area contributed by atoms with E-state index in [1.54, 1.807) is 0 Å². The average molecular weight is 1030 g/mol. The molecule has 13 rings (SSSR count). The molecule has 4 aliphatic heterocycles. The Labute approximate surface area is 433 Å². The lowest BCUT2D eigenvalue weighted by atomic mass is 9.30. The van der Waals surface area contributed by atoms with E-state index in [4.69, 9.17) is 0 Å². The van der Waals surface area contributed by atoms with E-state index in [9.17, 15) is 0 Å². The second-order valence-corrected chi connectivity index (χ2v) is 21.8. The van der Waals surface area contributed by atoms with Gasteiger partial charge in [-0.2, -0.15) is 0 Å². The number of unbranched alkanes of at least 4 members (excludes halogenated alkanes) is 1. The zero-order valence-electron chi connectivity index (χ0n) is 41.6. The van der Waals surface area contributed by atoms with Crippen LogP contribution in [0.15, 0.2) is 170 Å². The summed E-state index contributed by atoms with van der Waals surface area (Å²) in [4.78, 5) is 10.3. The Morgan fingerprint density at radius 3 is 1.30 bits per heavy atom. The molecule has 7 heteroatoms. The van der Waals surface area contributed by atoms with E-state index < -0.39 is 0 Å². The summed E-state index contributed by atoms with van der Waals surface area (Å²) in [5, 5.41) is 0. The van der Waals surface area contributed by atoms with Crippen molar-refractivity contribution < 1.29 is 0 Å². The summed E-state index contributed by atoms with van der Waals surface area (Å²) < 4.78 is 1.20. The highest BCUT2D eigenvalue weighted by atomic mass is 127. The molecule has 4 nitrogen and oxygen atoms in total. The topological polar surface area (TPSA) is 13.0 Å². The molecule has 0 bridgehead atoms. The van der Waals surface area contributed by atoms with Gasteiger partial charge in [0.2, 0.25) is 0 Å². The van der Waals surface area contributed by atoms with Gasteiger partial charge in [-0.25, -0.2) is 0 Å². The number of aryl methyl sites for hydroxylation is 7. The first-order valence-corrected chi connectivity index (χ1v) is 26.5. The summed E-state index contributed by atoms with van der Waals surface area (Å²) >= 11 is 2.56. The van der Waals surface area contributed by atoms with E-state index in [1.807, 2.05) is 0 Å². The van der Waals surface area contributed by atoms with Gasteiger partial charge in [0.05, 0.1) is 0 Å². The number of benzene rings is 9. The molecule has 0 aliphatic carbocycles. The predicted octanol–water partition coefficient (Wildman–Crippen LogP) is 13.6. The molecule has 4 heterocycles. The Morgan fingerprint density at radius 2 is 0.789 bits per heavy atom. The third-order valence-corrected chi connectivity index (χ3v) is 16.3. The number of anilines is 12. The van der Waals surface area contributed by atoms with Gasteiger partial charge in [0.15, 0.2) is 0 Å². The third kappa shape index (κ3) is 6.93. The van der Waals surface area contributed by atoms with E-state index in [0.29, 0.717) is 0 Å². The molecule has 0 aromatic heterocycles. The molecule has 0 amide bonds. The molecule has 9 aromatic rings. The zero-order chi connectivity index (χ0) is 48.4. The van der Waals surface area contributed by atoms with Crippen LogP contribution in [-0.4, -0.2) is 13.4 Å². The maximum Gasteiger partial charge on any atom is 0.252 e. The van der Waals surface area contributed by atoms with Crippen molar-refractivity contribution in [3.05, 3.63) is 212 Å². The Kier molecular flexibility index (Phi) is 10.4. The van der Waals surface area contributed by atoms with E-state index in [0.717, 1.165) is 24.9 Å². The molecule has 0 fully saturated rings. The Balaban J connectivity index is 1.16. The largest absolute Gasteiger partial charge is 0.311 e. The molecular formula is C64H55B2IN4. The van der Waals surface area contributed by atoms with Gasteiger partial charge >= 0.3 is 0 Å². The molecule has 0 saturated heterocycles. The first-order valence-electron chi connectivity index (χ1n) is 25.4. The van der Waals surface area contributed by atoms with Gasteiger partial charge in [0.1, 0.15) is 0 Å². The highest BCUT2D eigenvalue weighted by Gasteiger charge is 2.48. The van der Waals surface area contributed by atoms with Crippen molar-refractivity contribution in [1.29, 1.82) is 0 Å². The minimum absolute atomic E-state index is 0.0184. The van der Waals surface area contributed by atoms with Crippen molar-refractivity contribution in [3.63, 3.8) is 0 Å². The van der Waals surface area contributed by atoms with Crippen molar-refractivity contribution in [3.8, 4) is 0 Å². The van der Waals surface area contributed by atoms with Crippen LogP contribution in [0, 0.1) is 45.1 Å². The van der Waals surface area contributed by atoms with Crippen molar-refractivity contribution >= 4 is 137 Å². The lowest BCUT2D eigenvalue weighted by Gasteiger charge is -2.47. The third-order valence-electron chi connectivity index (χ3n) is 15.7. The summed E-state index contributed by atoms with van der Waals surface area (Å²) in [7, 11) is 0. The lowest BCUT2D eigenvalue weighted by Crippen LogP contribution is -2.65. The van der Waals surface area contributed by atoms with Crippen LogP contribution < -0.4 is 52.4 Å². The molecule has 0 unspecified atom stereocenters. The van der Waals surface area contributed by atoms with Crippen molar-refractivity contribution in [2.24, 2.45) is 0 Å². The van der Waals surface area contributed by atoms with Crippen molar-refractivity contribution in [2.45, 2.75) is 67.7 Å². The summed E-state index contributed by atoms with van der Waals surface area (Å²) in [5.41, 5.74) is 31.7. The van der Waals surface area contributed by atoms with Crippen LogP contribution in [0.4, 0.5) is 68.2 Å². The van der Waals surface area contributed by atoms with Gasteiger partial charge in [0.25, 0.3) is 13.4 Å². The van der Waals surface area contributed by atoms with Crippen LogP contribution in [0.25, 0.3) is 0 Å². The van der Waals surface area contributed by atoms with Crippen LogP contribution in [0.3, 0.4) is 0 Å². The quantitative estimate of drug-likeness (QED) is 0.116. The highest BCUT2D eigenvalue weighted by Crippen LogP contribution is 2.49. The molecular weight excluding hydrogens is 973 g/mol. The number of hydrogen-bond acceptors (Lipinski definition) is 4. The molecule has 344 valence electrons. The standard InChI is InChI=1S/C64H55B2IN4/c1-8-9-12-45-33-58-64-59(34-45)70(49-27-18-41(4)19-28-49)57-38-56-52(37-53(57)66(64)62-44(7)11-10-13-55(62)69(58)48-25-16-40(3)17-26-48)65-51-32-43(6)22-31-54(51)68(47-23-14-39(2)15-24-47)60-35-46(67)36-61(63(60)65)71(56)50-29-20-42(5)21-30-50/h10-11,13-38H,8-9,12H2,1-7H3. The SMILES string of the molecule is CCCCc1cc2c3c(c1)N(c1ccc(C)cc1)c1cccc(C)c1B3c1cc3c(cc1N2c1ccc(C)cc1)N(c1ccc(C)cc1)c1cc(I)cc2c1B3c1cc(C)ccc1N2c1ccc(C)cc1. The summed E-state index contributed by atoms with van der Waals surface area (Å²) in [6.45, 7) is 15.6. The Bertz CT molecular complexity index is 3620. The molecule has 4 aliphatic rings. The van der Waals surface area contributed by atoms with E-state index in [-0.39, 0.29) is 13.4 Å². The monoisotopic (exact) mass is 1030 g/mol. The number of hydrogen-bond donors (Lipinski definition) is 0. The van der Waals surface area contributed by atoms with E-state index in [1.165, 1.54) is 138 Å². The fraction of sp³-hybridized carbons (Fsp3) is 0.156. The highest BCUT2D eigenvalue weighted by molar-refractivity contribution is 14.1. The number of nitrogens with zero attached hydrogens (tertiary/aromatic N) is 4. The normalized spacial score (nSPS) is 13.6. The maximum absolute atomic E-state index is 2.66. The molecule has 0 N–H and O–H groups in total. The van der Waals surface area contributed by atoms with Gasteiger partial charge < -0.3 is 19.6 Å². The van der Waals surface area contributed by atoms with E-state index >= 15 is 0 Å². The van der Waals surface area contributed by atoms with Crippen molar-refractivity contribution in [1.82, 2.24) is 0 Å². The second-order valence-electron chi connectivity index (χ2n) is 20.6. The second kappa shape index (κ2) is 16.8. The Hall–Kier alpha value is -6.96. The smallest absolute Gasteiger partial charge is 0.252 e. The minimum Gasteiger partial charge on any atom is -0.311 e. The molecule has 71 heavy (non-hydrogen) atoms. The zero-order valence-corrected chi connectivity index (χ0v) is 43.8. The summed E-state index contributed by atoms with van der Waals surface area (Å²) in [6.07, 6.45) is 3.28. The average Bonchev–Trinajstić information content (AvgIpc) is 3.37. The van der Waals surface area contributed by atoms with Crippen LogP contribution in [-0.2, 0) is 6.42 Å².